The summed E-state index contributed by atoms with van der Waals surface area (Å²) in [5, 5.41) is 9.88. The Kier molecular flexibility index (Phi) is 7.99. The van der Waals surface area contributed by atoms with E-state index >= 15 is 0 Å². The van der Waals surface area contributed by atoms with Gasteiger partial charge in [-0.3, -0.25) is 4.79 Å². The van der Waals surface area contributed by atoms with E-state index in [0.717, 1.165) is 17.4 Å². The second-order valence-corrected chi connectivity index (χ2v) is 11.0. The lowest BCUT2D eigenvalue weighted by Crippen LogP contribution is -2.32. The fourth-order valence-electron chi connectivity index (χ4n) is 4.10. The van der Waals surface area contributed by atoms with Crippen LogP contribution in [0, 0.1) is 5.82 Å². The summed E-state index contributed by atoms with van der Waals surface area (Å²) < 4.78 is 53.0. The summed E-state index contributed by atoms with van der Waals surface area (Å²) in [5.41, 5.74) is 2.18. The van der Waals surface area contributed by atoms with Crippen molar-refractivity contribution in [3.63, 3.8) is 0 Å². The monoisotopic (exact) mass is 529 g/mol. The van der Waals surface area contributed by atoms with E-state index in [1.54, 1.807) is 41.3 Å². The number of aliphatic hydroxyl groups is 1. The molecule has 3 aromatic rings. The van der Waals surface area contributed by atoms with E-state index in [0.29, 0.717) is 35.9 Å². The molecular formula is C27H28FNO7S. The number of hydrogen-bond donors (Lipinski definition) is 1. The molecule has 8 nitrogen and oxygen atoms in total. The van der Waals surface area contributed by atoms with Gasteiger partial charge in [0, 0.05) is 31.0 Å². The number of anilines is 1. The molecule has 1 aliphatic heterocycles. The molecule has 1 fully saturated rings. The molecule has 1 N–H and O–H groups in total. The fourth-order valence-corrected chi connectivity index (χ4v) is 4.90. The van der Waals surface area contributed by atoms with Crippen LogP contribution in [0.2, 0.25) is 0 Å². The largest absolute Gasteiger partial charge is 0.493 e. The van der Waals surface area contributed by atoms with Gasteiger partial charge < -0.3 is 24.2 Å². The fraction of sp³-hybridized carbons (Fsp3) is 0.296. The third kappa shape index (κ3) is 6.78. The molecule has 1 unspecified atom stereocenters. The molecule has 2 atom stereocenters. The molecule has 196 valence electrons. The number of hydrogen-bond acceptors (Lipinski definition) is 7. The molecule has 1 heterocycles. The van der Waals surface area contributed by atoms with Crippen molar-refractivity contribution < 1.29 is 36.9 Å². The van der Waals surface area contributed by atoms with Crippen LogP contribution in [0.1, 0.15) is 6.42 Å². The highest BCUT2D eigenvalue weighted by molar-refractivity contribution is 7.90. The van der Waals surface area contributed by atoms with Crippen molar-refractivity contribution in [2.75, 3.05) is 37.2 Å². The number of sulfone groups is 1. The van der Waals surface area contributed by atoms with Crippen molar-refractivity contribution in [1.82, 2.24) is 0 Å². The lowest BCUT2D eigenvalue weighted by atomic mass is 10.1. The van der Waals surface area contributed by atoms with Gasteiger partial charge >= 0.3 is 0 Å². The Morgan fingerprint density at radius 2 is 1.81 bits per heavy atom. The minimum absolute atomic E-state index is 0.200. The van der Waals surface area contributed by atoms with Gasteiger partial charge in [0.2, 0.25) is 0 Å². The number of carbonyl (C=O) groups excluding carboxylic acids is 1. The van der Waals surface area contributed by atoms with Crippen LogP contribution in [0.15, 0.2) is 66.7 Å². The van der Waals surface area contributed by atoms with Crippen LogP contribution in [0.3, 0.4) is 0 Å². The van der Waals surface area contributed by atoms with Crippen molar-refractivity contribution >= 4 is 21.4 Å². The third-order valence-corrected chi connectivity index (χ3v) is 6.82. The molecule has 0 bridgehead atoms. The van der Waals surface area contributed by atoms with Crippen LogP contribution >= 0.6 is 0 Å². The summed E-state index contributed by atoms with van der Waals surface area (Å²) in [5.74, 6) is 0.272. The zero-order chi connectivity index (χ0) is 26.6. The van der Waals surface area contributed by atoms with E-state index in [4.69, 9.17) is 14.2 Å². The molecule has 3 aromatic carbocycles. The summed E-state index contributed by atoms with van der Waals surface area (Å²) in [6.45, 7) is 0.223. The summed E-state index contributed by atoms with van der Waals surface area (Å²) in [4.78, 5) is 14.7. The first-order chi connectivity index (χ1) is 17.6. The Labute approximate surface area is 215 Å². The third-order valence-electron chi connectivity index (χ3n) is 5.83. The van der Waals surface area contributed by atoms with E-state index in [1.165, 1.54) is 19.2 Å². The Bertz CT molecular complexity index is 1360. The second-order valence-electron chi connectivity index (χ2n) is 8.81. The number of nitrogens with zero attached hydrogens (tertiary/aromatic N) is 1. The Morgan fingerprint density at radius 1 is 1.05 bits per heavy atom. The predicted octanol–water partition coefficient (Wildman–Crippen LogP) is 3.47. The minimum atomic E-state index is -3.34. The molecule has 37 heavy (non-hydrogen) atoms. The molecule has 0 aliphatic carbocycles. The van der Waals surface area contributed by atoms with E-state index in [-0.39, 0.29) is 18.3 Å². The van der Waals surface area contributed by atoms with Crippen molar-refractivity contribution in [2.45, 2.75) is 18.6 Å². The average molecular weight is 530 g/mol. The van der Waals surface area contributed by atoms with Gasteiger partial charge in [-0.05, 0) is 47.5 Å². The first-order valence-corrected chi connectivity index (χ1v) is 13.7. The molecule has 0 saturated carbocycles. The van der Waals surface area contributed by atoms with Gasteiger partial charge in [-0.15, -0.1) is 0 Å². The van der Waals surface area contributed by atoms with E-state index < -0.39 is 27.8 Å². The number of benzene rings is 3. The van der Waals surface area contributed by atoms with Crippen LogP contribution in [-0.2, 0) is 14.6 Å². The van der Waals surface area contributed by atoms with E-state index in [1.807, 2.05) is 18.2 Å². The minimum Gasteiger partial charge on any atom is -0.493 e. The molecule has 0 aromatic heterocycles. The van der Waals surface area contributed by atoms with Crippen molar-refractivity contribution in [3.8, 4) is 28.4 Å². The smallest absolute Gasteiger partial charge is 0.268 e. The van der Waals surface area contributed by atoms with Gasteiger partial charge in [-0.1, -0.05) is 24.3 Å². The predicted molar refractivity (Wildman–Crippen MR) is 137 cm³/mol. The summed E-state index contributed by atoms with van der Waals surface area (Å²) in [6.07, 6.45) is -0.311. The molecule has 1 amide bonds. The highest BCUT2D eigenvalue weighted by Crippen LogP contribution is 2.34. The summed E-state index contributed by atoms with van der Waals surface area (Å²) >= 11 is 0. The number of carbonyl (C=O) groups is 1. The van der Waals surface area contributed by atoms with Gasteiger partial charge in [-0.25, -0.2) is 12.8 Å². The summed E-state index contributed by atoms with van der Waals surface area (Å²) in [6, 6.07) is 18.4. The Hall–Kier alpha value is -3.63. The number of amides is 1. The maximum absolute atomic E-state index is 13.5. The van der Waals surface area contributed by atoms with Crippen LogP contribution in [-0.4, -0.2) is 63.9 Å². The molecule has 1 aliphatic rings. The van der Waals surface area contributed by atoms with Crippen molar-refractivity contribution in [2.24, 2.45) is 0 Å². The van der Waals surface area contributed by atoms with Gasteiger partial charge in [0.25, 0.3) is 5.91 Å². The summed E-state index contributed by atoms with van der Waals surface area (Å²) in [7, 11) is -1.89. The zero-order valence-corrected chi connectivity index (χ0v) is 21.3. The van der Waals surface area contributed by atoms with E-state index in [2.05, 4.69) is 0 Å². The number of methoxy groups -OCH3 is 1. The Balaban J connectivity index is 1.39. The number of aliphatic hydroxyl groups excluding tert-OH is 1. The first-order valence-electron chi connectivity index (χ1n) is 11.6. The molecule has 0 spiro atoms. The SMILES string of the molecule is COc1cc(N2CCC(Oc3ccc(-c4cccc(F)c4)cc3)C2=O)ccc1OC[C@H](O)CS(C)(=O)=O. The Morgan fingerprint density at radius 3 is 2.49 bits per heavy atom. The maximum atomic E-state index is 13.5. The number of halogens is 1. The van der Waals surface area contributed by atoms with E-state index in [9.17, 15) is 22.7 Å². The maximum Gasteiger partial charge on any atom is 0.268 e. The molecule has 10 heteroatoms. The number of ether oxygens (including phenoxy) is 3. The molecular weight excluding hydrogens is 501 g/mol. The lowest BCUT2D eigenvalue weighted by molar-refractivity contribution is -0.122. The lowest BCUT2D eigenvalue weighted by Gasteiger charge is -2.20. The van der Waals surface area contributed by atoms with Gasteiger partial charge in [0.15, 0.2) is 17.6 Å². The van der Waals surface area contributed by atoms with Crippen LogP contribution in [0.4, 0.5) is 10.1 Å². The van der Waals surface area contributed by atoms with Crippen LogP contribution < -0.4 is 19.1 Å². The highest BCUT2D eigenvalue weighted by atomic mass is 32.2. The van der Waals surface area contributed by atoms with Crippen LogP contribution in [0.25, 0.3) is 11.1 Å². The van der Waals surface area contributed by atoms with Crippen molar-refractivity contribution in [3.05, 3.63) is 72.5 Å². The normalized spacial score (nSPS) is 16.5. The topological polar surface area (TPSA) is 102 Å². The molecule has 0 radical (unpaired) electrons. The zero-order valence-electron chi connectivity index (χ0n) is 20.5. The van der Waals surface area contributed by atoms with Gasteiger partial charge in [-0.2, -0.15) is 0 Å². The first kappa shape index (κ1) is 26.4. The van der Waals surface area contributed by atoms with Gasteiger partial charge in [0.1, 0.15) is 34.1 Å². The van der Waals surface area contributed by atoms with Crippen LogP contribution in [0.5, 0.6) is 17.2 Å². The number of rotatable bonds is 10. The second kappa shape index (κ2) is 11.2. The molecule has 1 saturated heterocycles. The standard InChI is InChI=1S/C27H28FNO7S/c1-34-26-15-21(8-11-24(26)35-16-22(30)17-37(2,32)33)29-13-12-25(27(29)31)36-23-9-6-18(7-10-23)19-4-3-5-20(28)14-19/h3-11,14-15,22,25,30H,12-13,16-17H2,1-2H3/t22-,25?/m0/s1. The average Bonchev–Trinajstić information content (AvgIpc) is 3.22. The van der Waals surface area contributed by atoms with Crippen molar-refractivity contribution in [1.29, 1.82) is 0 Å². The quantitative estimate of drug-likeness (QED) is 0.429. The van der Waals surface area contributed by atoms with Gasteiger partial charge in [0.05, 0.1) is 12.9 Å². The highest BCUT2D eigenvalue weighted by Gasteiger charge is 2.34. The molecule has 4 rings (SSSR count).